The highest BCUT2D eigenvalue weighted by Gasteiger charge is 2.25. The van der Waals surface area contributed by atoms with Crippen LogP contribution in [0.1, 0.15) is 18.5 Å². The van der Waals surface area contributed by atoms with E-state index in [1.54, 1.807) is 0 Å². The SMILES string of the molecule is CC1CN(C(N)=NC2COc3ccccc32)CCO1. The number of hydrogen-bond acceptors (Lipinski definition) is 3. The fourth-order valence-electron chi connectivity index (χ4n) is 2.52. The highest BCUT2D eigenvalue weighted by atomic mass is 16.5. The van der Waals surface area contributed by atoms with E-state index in [1.165, 1.54) is 0 Å². The van der Waals surface area contributed by atoms with Crippen LogP contribution in [0.4, 0.5) is 0 Å². The number of para-hydroxylation sites is 1. The Bertz CT molecular complexity index is 489. The molecule has 1 aromatic rings. The van der Waals surface area contributed by atoms with Gasteiger partial charge in [0.25, 0.3) is 0 Å². The summed E-state index contributed by atoms with van der Waals surface area (Å²) in [6, 6.07) is 8.00. The predicted octanol–water partition coefficient (Wildman–Crippen LogP) is 1.16. The number of morpholine rings is 1. The van der Waals surface area contributed by atoms with E-state index < -0.39 is 0 Å². The molecule has 0 aliphatic carbocycles. The van der Waals surface area contributed by atoms with E-state index in [9.17, 15) is 0 Å². The van der Waals surface area contributed by atoms with Gasteiger partial charge in [0.2, 0.25) is 0 Å². The highest BCUT2D eigenvalue weighted by Crippen LogP contribution is 2.34. The molecule has 2 unspecified atom stereocenters. The molecule has 0 spiro atoms. The van der Waals surface area contributed by atoms with E-state index in [1.807, 2.05) is 31.2 Å². The first kappa shape index (κ1) is 12.3. The Morgan fingerprint density at radius 3 is 3.11 bits per heavy atom. The van der Waals surface area contributed by atoms with Crippen LogP contribution in [0.15, 0.2) is 29.3 Å². The first-order valence-electron chi connectivity index (χ1n) is 6.65. The summed E-state index contributed by atoms with van der Waals surface area (Å²) in [5.74, 6) is 1.50. The minimum Gasteiger partial charge on any atom is -0.491 e. The number of nitrogens with two attached hydrogens (primary N) is 1. The molecule has 0 radical (unpaired) electrons. The Kier molecular flexibility index (Phi) is 3.29. The normalized spacial score (nSPS) is 27.0. The molecule has 1 fully saturated rings. The van der Waals surface area contributed by atoms with Gasteiger partial charge in [0.05, 0.1) is 12.7 Å². The molecule has 1 aromatic carbocycles. The predicted molar refractivity (Wildman–Crippen MR) is 73.3 cm³/mol. The molecule has 0 aromatic heterocycles. The second-order valence-corrected chi connectivity index (χ2v) is 4.98. The van der Waals surface area contributed by atoms with E-state index in [0.29, 0.717) is 19.2 Å². The summed E-state index contributed by atoms with van der Waals surface area (Å²) in [6.45, 7) is 4.92. The van der Waals surface area contributed by atoms with Crippen molar-refractivity contribution in [3.63, 3.8) is 0 Å². The van der Waals surface area contributed by atoms with Gasteiger partial charge in [0, 0.05) is 18.7 Å². The van der Waals surface area contributed by atoms with Crippen molar-refractivity contribution in [1.29, 1.82) is 0 Å². The van der Waals surface area contributed by atoms with Crippen LogP contribution in [0.2, 0.25) is 0 Å². The zero-order valence-electron chi connectivity index (χ0n) is 11.1. The van der Waals surface area contributed by atoms with E-state index in [2.05, 4.69) is 9.89 Å². The smallest absolute Gasteiger partial charge is 0.192 e. The summed E-state index contributed by atoms with van der Waals surface area (Å²) < 4.78 is 11.1. The van der Waals surface area contributed by atoms with Gasteiger partial charge in [-0.1, -0.05) is 18.2 Å². The fraction of sp³-hybridized carbons (Fsp3) is 0.500. The van der Waals surface area contributed by atoms with Gasteiger partial charge in [-0.05, 0) is 13.0 Å². The minimum absolute atomic E-state index is 0.00866. The van der Waals surface area contributed by atoms with Crippen LogP contribution in [-0.4, -0.2) is 43.3 Å². The number of guanidine groups is 1. The van der Waals surface area contributed by atoms with E-state index in [4.69, 9.17) is 15.2 Å². The maximum atomic E-state index is 6.11. The molecule has 1 saturated heterocycles. The Morgan fingerprint density at radius 1 is 1.42 bits per heavy atom. The summed E-state index contributed by atoms with van der Waals surface area (Å²) in [4.78, 5) is 6.69. The van der Waals surface area contributed by atoms with Crippen LogP contribution in [0.3, 0.4) is 0 Å². The van der Waals surface area contributed by atoms with Crippen molar-refractivity contribution in [2.45, 2.75) is 19.1 Å². The fourth-order valence-corrected chi connectivity index (χ4v) is 2.52. The molecule has 0 bridgehead atoms. The number of fused-ring (bicyclic) bond motifs is 1. The maximum Gasteiger partial charge on any atom is 0.192 e. The van der Waals surface area contributed by atoms with Crippen LogP contribution in [0, 0.1) is 0 Å². The lowest BCUT2D eigenvalue weighted by atomic mass is 10.1. The number of benzene rings is 1. The van der Waals surface area contributed by atoms with Crippen molar-refractivity contribution in [1.82, 2.24) is 4.90 Å². The third kappa shape index (κ3) is 2.51. The van der Waals surface area contributed by atoms with Gasteiger partial charge in [-0.3, -0.25) is 0 Å². The summed E-state index contributed by atoms with van der Waals surface area (Å²) >= 11 is 0. The van der Waals surface area contributed by atoms with Gasteiger partial charge in [0.1, 0.15) is 18.4 Å². The molecule has 2 atom stereocenters. The van der Waals surface area contributed by atoms with Crippen LogP contribution in [0.5, 0.6) is 5.75 Å². The monoisotopic (exact) mass is 261 g/mol. The zero-order chi connectivity index (χ0) is 13.2. The highest BCUT2D eigenvalue weighted by molar-refractivity contribution is 5.78. The largest absolute Gasteiger partial charge is 0.491 e. The van der Waals surface area contributed by atoms with Crippen LogP contribution >= 0.6 is 0 Å². The molecular weight excluding hydrogens is 242 g/mol. The molecule has 102 valence electrons. The second-order valence-electron chi connectivity index (χ2n) is 4.98. The van der Waals surface area contributed by atoms with Crippen LogP contribution < -0.4 is 10.5 Å². The van der Waals surface area contributed by atoms with Gasteiger partial charge in [-0.25, -0.2) is 4.99 Å². The third-order valence-electron chi connectivity index (χ3n) is 3.53. The molecule has 2 N–H and O–H groups in total. The standard InChI is InChI=1S/C14H19N3O2/c1-10-8-17(6-7-18-10)14(15)16-12-9-19-13-5-3-2-4-11(12)13/h2-5,10,12H,6-9H2,1H3,(H2,15,16). The van der Waals surface area contributed by atoms with Crippen molar-refractivity contribution in [2.24, 2.45) is 10.7 Å². The number of hydrogen-bond donors (Lipinski definition) is 1. The van der Waals surface area contributed by atoms with Crippen molar-refractivity contribution >= 4 is 5.96 Å². The quantitative estimate of drug-likeness (QED) is 0.608. The second kappa shape index (κ2) is 5.09. The third-order valence-corrected chi connectivity index (χ3v) is 3.53. The summed E-state index contributed by atoms with van der Waals surface area (Å²) in [5, 5.41) is 0. The Morgan fingerprint density at radius 2 is 2.26 bits per heavy atom. The molecule has 3 rings (SSSR count). The lowest BCUT2D eigenvalue weighted by molar-refractivity contribution is 0.00520. The van der Waals surface area contributed by atoms with Gasteiger partial charge in [0.15, 0.2) is 5.96 Å². The molecular formula is C14H19N3O2. The van der Waals surface area contributed by atoms with E-state index in [-0.39, 0.29) is 12.1 Å². The van der Waals surface area contributed by atoms with Gasteiger partial charge < -0.3 is 20.1 Å². The topological polar surface area (TPSA) is 60.1 Å². The molecule has 5 nitrogen and oxygen atoms in total. The molecule has 2 heterocycles. The Labute approximate surface area is 113 Å². The lowest BCUT2D eigenvalue weighted by Gasteiger charge is -2.32. The maximum absolute atomic E-state index is 6.11. The lowest BCUT2D eigenvalue weighted by Crippen LogP contribution is -2.48. The zero-order valence-corrected chi connectivity index (χ0v) is 11.1. The first-order chi connectivity index (χ1) is 9.24. The first-order valence-corrected chi connectivity index (χ1v) is 6.65. The average molecular weight is 261 g/mol. The van der Waals surface area contributed by atoms with Crippen LogP contribution in [-0.2, 0) is 4.74 Å². The van der Waals surface area contributed by atoms with Crippen LogP contribution in [0.25, 0.3) is 0 Å². The van der Waals surface area contributed by atoms with E-state index in [0.717, 1.165) is 24.4 Å². The molecule has 19 heavy (non-hydrogen) atoms. The summed E-state index contributed by atoms with van der Waals surface area (Å²) in [6.07, 6.45) is 0.203. The van der Waals surface area contributed by atoms with Gasteiger partial charge >= 0.3 is 0 Å². The average Bonchev–Trinajstić information content (AvgIpc) is 2.82. The van der Waals surface area contributed by atoms with Gasteiger partial charge in [-0.2, -0.15) is 0 Å². The van der Waals surface area contributed by atoms with E-state index >= 15 is 0 Å². The van der Waals surface area contributed by atoms with Crippen molar-refractivity contribution in [3.8, 4) is 5.75 Å². The van der Waals surface area contributed by atoms with Crippen molar-refractivity contribution in [3.05, 3.63) is 29.8 Å². The minimum atomic E-state index is 0.00866. The Balaban J connectivity index is 1.75. The molecule has 2 aliphatic rings. The van der Waals surface area contributed by atoms with Gasteiger partial charge in [-0.15, -0.1) is 0 Å². The summed E-state index contributed by atoms with van der Waals surface area (Å²) in [5.41, 5.74) is 7.23. The Hall–Kier alpha value is -1.75. The van der Waals surface area contributed by atoms with Crippen molar-refractivity contribution < 1.29 is 9.47 Å². The summed E-state index contributed by atoms with van der Waals surface area (Å²) in [7, 11) is 0. The molecule has 2 aliphatic heterocycles. The molecule has 0 amide bonds. The molecule has 5 heteroatoms. The van der Waals surface area contributed by atoms with Crippen molar-refractivity contribution in [2.75, 3.05) is 26.3 Å². The number of nitrogens with zero attached hydrogens (tertiary/aromatic N) is 2. The number of rotatable bonds is 1. The number of aliphatic imine (C=N–C) groups is 1. The number of ether oxygens (including phenoxy) is 2. The molecule has 0 saturated carbocycles.